The Labute approximate surface area is 109 Å². The van der Waals surface area contributed by atoms with Crippen LogP contribution in [0.25, 0.3) is 0 Å². The molecule has 0 saturated heterocycles. The first-order valence-electron chi connectivity index (χ1n) is 5.00. The Bertz CT molecular complexity index is 361. The van der Waals surface area contributed by atoms with Crippen molar-refractivity contribution in [3.05, 3.63) is 0 Å². The third-order valence-electron chi connectivity index (χ3n) is 2.57. The number of ether oxygens (including phenoxy) is 1. The van der Waals surface area contributed by atoms with Crippen LogP contribution >= 0.6 is 15.6 Å². The zero-order valence-electron chi connectivity index (χ0n) is 10.4. The summed E-state index contributed by atoms with van der Waals surface area (Å²) in [4.78, 5) is 25.9. The number of aliphatic hydroxyl groups is 2. The molecule has 5 N–H and O–H groups in total. The molecule has 12 heteroatoms. The van der Waals surface area contributed by atoms with E-state index in [2.05, 4.69) is 8.83 Å². The SMILES string of the molecule is COC(C)C(CO)(CO)COP(=O)(O)OP(=O)(O)O. The smallest absolute Gasteiger partial charge is 0.396 e. The third-order valence-corrected chi connectivity index (χ3v) is 4.70. The standard InChI is InChI=1S/C7H18O10P2/c1-6(15-2)7(3-8,4-9)5-16-19(13,14)17-18(10,11)12/h6,8-9H,3-5H2,1-2H3,(H,13,14)(H2,10,11,12). The number of phosphoric ester groups is 1. The van der Waals surface area contributed by atoms with Gasteiger partial charge in [0.25, 0.3) is 0 Å². The average molecular weight is 324 g/mol. The number of rotatable bonds is 9. The Kier molecular flexibility index (Phi) is 7.29. The van der Waals surface area contributed by atoms with Crippen LogP contribution in [0, 0.1) is 5.41 Å². The number of hydrogen-bond acceptors (Lipinski definition) is 7. The minimum Gasteiger partial charge on any atom is -0.396 e. The Morgan fingerprint density at radius 2 is 1.63 bits per heavy atom. The summed E-state index contributed by atoms with van der Waals surface area (Å²) >= 11 is 0. The molecule has 0 heterocycles. The van der Waals surface area contributed by atoms with E-state index in [0.717, 1.165) is 0 Å². The highest BCUT2D eigenvalue weighted by Crippen LogP contribution is 2.58. The van der Waals surface area contributed by atoms with E-state index in [1.807, 2.05) is 0 Å². The predicted molar refractivity (Wildman–Crippen MR) is 62.0 cm³/mol. The summed E-state index contributed by atoms with van der Waals surface area (Å²) in [5.41, 5.74) is -1.43. The molecule has 0 spiro atoms. The van der Waals surface area contributed by atoms with Crippen LogP contribution in [0.1, 0.15) is 6.92 Å². The van der Waals surface area contributed by atoms with Crippen molar-refractivity contribution < 1.29 is 47.6 Å². The van der Waals surface area contributed by atoms with Crippen LogP contribution in [0.4, 0.5) is 0 Å². The van der Waals surface area contributed by atoms with Crippen LogP contribution in [0.2, 0.25) is 0 Å². The molecule has 0 aliphatic heterocycles. The predicted octanol–water partition coefficient (Wildman–Crippen LogP) is -0.781. The van der Waals surface area contributed by atoms with Gasteiger partial charge in [-0.3, -0.25) is 4.52 Å². The normalized spacial score (nSPS) is 18.1. The van der Waals surface area contributed by atoms with Gasteiger partial charge in [-0.2, -0.15) is 4.31 Å². The molecule has 0 aromatic carbocycles. The highest BCUT2D eigenvalue weighted by atomic mass is 31.3. The number of hydrogen-bond donors (Lipinski definition) is 5. The molecule has 0 radical (unpaired) electrons. The van der Waals surface area contributed by atoms with E-state index in [4.69, 9.17) is 19.4 Å². The quantitative estimate of drug-likeness (QED) is 0.340. The van der Waals surface area contributed by atoms with Crippen molar-refractivity contribution in [3.63, 3.8) is 0 Å². The van der Waals surface area contributed by atoms with Gasteiger partial charge in [-0.25, -0.2) is 9.13 Å². The average Bonchev–Trinajstić information content (AvgIpc) is 2.27. The summed E-state index contributed by atoms with van der Waals surface area (Å²) in [6, 6.07) is 0. The Balaban J connectivity index is 4.82. The lowest BCUT2D eigenvalue weighted by Crippen LogP contribution is -2.45. The Hall–Kier alpha value is 0.140. The first kappa shape index (κ1) is 19.1. The Morgan fingerprint density at radius 1 is 1.16 bits per heavy atom. The van der Waals surface area contributed by atoms with Gasteiger partial charge in [0.1, 0.15) is 0 Å². The van der Waals surface area contributed by atoms with Crippen LogP contribution in [-0.4, -0.2) is 57.9 Å². The van der Waals surface area contributed by atoms with Crippen molar-refractivity contribution in [1.82, 2.24) is 0 Å². The third kappa shape index (κ3) is 6.42. The van der Waals surface area contributed by atoms with Gasteiger partial charge in [0.2, 0.25) is 0 Å². The fraction of sp³-hybridized carbons (Fsp3) is 1.00. The lowest BCUT2D eigenvalue weighted by Gasteiger charge is -2.34. The van der Waals surface area contributed by atoms with Gasteiger partial charge in [-0.05, 0) is 6.92 Å². The fourth-order valence-corrected chi connectivity index (χ4v) is 2.82. The molecular formula is C7H18O10P2. The summed E-state index contributed by atoms with van der Waals surface area (Å²) in [7, 11) is -8.95. The maximum absolute atomic E-state index is 11.2. The molecule has 0 fully saturated rings. The van der Waals surface area contributed by atoms with E-state index in [0.29, 0.717) is 0 Å². The summed E-state index contributed by atoms with van der Waals surface area (Å²) in [5.74, 6) is 0. The minimum atomic E-state index is -5.21. The van der Waals surface area contributed by atoms with Gasteiger partial charge < -0.3 is 29.6 Å². The van der Waals surface area contributed by atoms with Crippen molar-refractivity contribution in [3.8, 4) is 0 Å². The van der Waals surface area contributed by atoms with E-state index in [9.17, 15) is 19.3 Å². The van der Waals surface area contributed by atoms with Crippen LogP contribution in [0.3, 0.4) is 0 Å². The second kappa shape index (κ2) is 7.24. The summed E-state index contributed by atoms with van der Waals surface area (Å²) in [6.07, 6.45) is -0.752. The van der Waals surface area contributed by atoms with Crippen molar-refractivity contribution >= 4 is 15.6 Å². The maximum Gasteiger partial charge on any atom is 0.481 e. The summed E-state index contributed by atoms with van der Waals surface area (Å²) < 4.78 is 34.5. The molecule has 0 saturated carbocycles. The van der Waals surface area contributed by atoms with Gasteiger partial charge >= 0.3 is 15.6 Å². The molecule has 0 rings (SSSR count). The first-order valence-corrected chi connectivity index (χ1v) is 8.03. The second-order valence-corrected chi connectivity index (χ2v) is 6.70. The molecule has 116 valence electrons. The molecule has 0 aliphatic carbocycles. The number of aliphatic hydroxyl groups excluding tert-OH is 2. The van der Waals surface area contributed by atoms with Gasteiger partial charge in [0.15, 0.2) is 0 Å². The monoisotopic (exact) mass is 324 g/mol. The summed E-state index contributed by atoms with van der Waals surface area (Å²) in [5, 5.41) is 18.4. The van der Waals surface area contributed by atoms with Gasteiger partial charge in [-0.15, -0.1) is 0 Å². The first-order chi connectivity index (χ1) is 8.52. The molecule has 0 aliphatic rings. The highest BCUT2D eigenvalue weighted by Gasteiger charge is 2.41. The van der Waals surface area contributed by atoms with Crippen molar-refractivity contribution in [2.45, 2.75) is 13.0 Å². The molecule has 10 nitrogen and oxygen atoms in total. The molecule has 0 bridgehead atoms. The maximum atomic E-state index is 11.2. The molecule has 0 aromatic rings. The lowest BCUT2D eigenvalue weighted by atomic mass is 9.85. The van der Waals surface area contributed by atoms with Gasteiger partial charge in [0.05, 0.1) is 31.3 Å². The Morgan fingerprint density at radius 3 is 1.95 bits per heavy atom. The molecule has 0 aromatic heterocycles. The topological polar surface area (TPSA) is 163 Å². The molecule has 2 atom stereocenters. The zero-order valence-corrected chi connectivity index (χ0v) is 12.2. The summed E-state index contributed by atoms with van der Waals surface area (Å²) in [6.45, 7) is -0.520. The molecule has 19 heavy (non-hydrogen) atoms. The highest BCUT2D eigenvalue weighted by molar-refractivity contribution is 7.60. The molecular weight excluding hydrogens is 306 g/mol. The van der Waals surface area contributed by atoms with Crippen molar-refractivity contribution in [2.75, 3.05) is 26.9 Å². The molecule has 2 unspecified atom stereocenters. The van der Waals surface area contributed by atoms with Crippen LogP contribution in [-0.2, 0) is 22.7 Å². The van der Waals surface area contributed by atoms with E-state index in [1.165, 1.54) is 14.0 Å². The fourth-order valence-electron chi connectivity index (χ4n) is 1.13. The van der Waals surface area contributed by atoms with Crippen LogP contribution in [0.15, 0.2) is 0 Å². The molecule has 0 amide bonds. The van der Waals surface area contributed by atoms with Gasteiger partial charge in [-0.1, -0.05) is 0 Å². The zero-order chi connectivity index (χ0) is 15.3. The second-order valence-electron chi connectivity index (χ2n) is 3.87. The largest absolute Gasteiger partial charge is 0.481 e. The number of methoxy groups -OCH3 is 1. The van der Waals surface area contributed by atoms with Crippen LogP contribution in [0.5, 0.6) is 0 Å². The van der Waals surface area contributed by atoms with Crippen LogP contribution < -0.4 is 0 Å². The van der Waals surface area contributed by atoms with Crippen molar-refractivity contribution in [2.24, 2.45) is 5.41 Å². The van der Waals surface area contributed by atoms with E-state index in [-0.39, 0.29) is 0 Å². The minimum absolute atomic E-state index is 0.644. The van der Waals surface area contributed by atoms with E-state index in [1.54, 1.807) is 0 Å². The number of phosphoric acid groups is 2. The lowest BCUT2D eigenvalue weighted by molar-refractivity contribution is -0.0890. The van der Waals surface area contributed by atoms with Crippen molar-refractivity contribution in [1.29, 1.82) is 0 Å². The van der Waals surface area contributed by atoms with E-state index >= 15 is 0 Å². The van der Waals surface area contributed by atoms with Gasteiger partial charge in [0, 0.05) is 7.11 Å². The van der Waals surface area contributed by atoms with E-state index < -0.39 is 47.0 Å².